The largest absolute Gasteiger partial charge is 0.394 e. The Hall–Kier alpha value is -1.75. The van der Waals surface area contributed by atoms with E-state index in [1.807, 2.05) is 0 Å². The highest BCUT2D eigenvalue weighted by atomic mass is 32.1. The van der Waals surface area contributed by atoms with Crippen LogP contribution in [0, 0.1) is 4.77 Å². The summed E-state index contributed by atoms with van der Waals surface area (Å²) in [6.45, 7) is -0.600. The van der Waals surface area contributed by atoms with Crippen molar-refractivity contribution in [2.24, 2.45) is 5.11 Å². The molecule has 2 heterocycles. The zero-order chi connectivity index (χ0) is 14.9. The van der Waals surface area contributed by atoms with E-state index in [4.69, 9.17) is 27.6 Å². The van der Waals surface area contributed by atoms with E-state index >= 15 is 0 Å². The molecule has 0 aliphatic carbocycles. The second kappa shape index (κ2) is 5.32. The highest BCUT2D eigenvalue weighted by Gasteiger charge is 2.55. The molecule has 4 N–H and O–H groups in total. The van der Waals surface area contributed by atoms with Crippen molar-refractivity contribution in [3.05, 3.63) is 37.8 Å². The van der Waals surface area contributed by atoms with Crippen molar-refractivity contribution in [1.29, 1.82) is 0 Å². The van der Waals surface area contributed by atoms with E-state index in [1.165, 1.54) is 0 Å². The summed E-state index contributed by atoms with van der Waals surface area (Å²) in [4.78, 5) is 16.0. The Morgan fingerprint density at radius 1 is 1.65 bits per heavy atom. The molecule has 2 rings (SSSR count). The molecule has 108 valence electrons. The molecule has 0 spiro atoms. The third kappa shape index (κ3) is 2.12. The zero-order valence-electron chi connectivity index (χ0n) is 9.95. The average Bonchev–Trinajstić information content (AvgIpc) is 2.65. The first kappa shape index (κ1) is 14.7. The van der Waals surface area contributed by atoms with Crippen LogP contribution in [-0.2, 0) is 10.6 Å². The van der Waals surface area contributed by atoms with Crippen LogP contribution in [0.25, 0.3) is 10.4 Å². The number of ether oxygens (including phenoxy) is 1. The Labute approximate surface area is 116 Å². The number of rotatable bonds is 3. The summed E-state index contributed by atoms with van der Waals surface area (Å²) < 4.78 is 6.11. The van der Waals surface area contributed by atoms with Gasteiger partial charge in [0.05, 0.1) is 6.61 Å². The van der Waals surface area contributed by atoms with E-state index in [-0.39, 0.29) is 4.77 Å². The van der Waals surface area contributed by atoms with Gasteiger partial charge in [0.1, 0.15) is 18.3 Å². The minimum Gasteiger partial charge on any atom is -0.394 e. The zero-order valence-corrected chi connectivity index (χ0v) is 10.8. The molecule has 1 saturated heterocycles. The molecule has 0 unspecified atom stereocenters. The molecule has 1 aliphatic heterocycles. The fourth-order valence-corrected chi connectivity index (χ4v) is 2.29. The quantitative estimate of drug-likeness (QED) is 0.241. The lowest BCUT2D eigenvalue weighted by Gasteiger charge is -2.29. The number of aromatic amines is 1. The smallest absolute Gasteiger partial charge is 0.256 e. The molecule has 1 aromatic rings. The van der Waals surface area contributed by atoms with Gasteiger partial charge in [-0.1, -0.05) is 0 Å². The minimum atomic E-state index is -2.08. The molecule has 0 radical (unpaired) electrons. The third-order valence-electron chi connectivity index (χ3n) is 2.95. The summed E-state index contributed by atoms with van der Waals surface area (Å²) in [6.07, 6.45) is -3.16. The number of aromatic nitrogens is 2. The molecule has 11 heteroatoms. The van der Waals surface area contributed by atoms with Gasteiger partial charge in [0.2, 0.25) is 0 Å². The van der Waals surface area contributed by atoms with E-state index in [0.29, 0.717) is 0 Å². The first-order valence-electron chi connectivity index (χ1n) is 5.50. The molecular weight excluding hydrogens is 290 g/mol. The van der Waals surface area contributed by atoms with Gasteiger partial charge in [-0.2, -0.15) is 0 Å². The monoisotopic (exact) mass is 301 g/mol. The van der Waals surface area contributed by atoms with E-state index in [0.717, 1.165) is 16.8 Å². The fourth-order valence-electron chi connectivity index (χ4n) is 2.00. The van der Waals surface area contributed by atoms with Crippen molar-refractivity contribution in [3.8, 4) is 0 Å². The number of azide groups is 1. The van der Waals surface area contributed by atoms with Crippen LogP contribution in [0.4, 0.5) is 0 Å². The Morgan fingerprint density at radius 2 is 2.35 bits per heavy atom. The number of hydrogen-bond acceptors (Lipinski definition) is 7. The van der Waals surface area contributed by atoms with Crippen LogP contribution in [0.3, 0.4) is 0 Å². The van der Waals surface area contributed by atoms with Crippen molar-refractivity contribution in [3.63, 3.8) is 0 Å². The first-order valence-corrected chi connectivity index (χ1v) is 5.90. The molecule has 1 fully saturated rings. The lowest BCUT2D eigenvalue weighted by Crippen LogP contribution is -2.44. The number of H-pyrrole nitrogens is 1. The van der Waals surface area contributed by atoms with Crippen LogP contribution in [0.5, 0.6) is 0 Å². The van der Waals surface area contributed by atoms with E-state index < -0.39 is 36.3 Å². The maximum absolute atomic E-state index is 11.2. The lowest BCUT2D eigenvalue weighted by molar-refractivity contribution is -0.144. The molecule has 0 saturated carbocycles. The summed E-state index contributed by atoms with van der Waals surface area (Å²) >= 11 is 4.92. The van der Waals surface area contributed by atoms with Crippen LogP contribution in [0.15, 0.2) is 22.2 Å². The summed E-state index contributed by atoms with van der Waals surface area (Å²) in [7, 11) is 0. The Kier molecular flexibility index (Phi) is 3.90. The molecule has 0 bridgehead atoms. The average molecular weight is 301 g/mol. The van der Waals surface area contributed by atoms with E-state index in [1.54, 1.807) is 0 Å². The van der Waals surface area contributed by atoms with Gasteiger partial charge in [0.25, 0.3) is 11.4 Å². The summed E-state index contributed by atoms with van der Waals surface area (Å²) in [5.74, 6) is -2.08. The standard InChI is InChI=1S/C9H11N5O5S/c10-13-12-9(7(18)6(17)4(3-15)19-9)14-2-1-5(16)11-8(14)20/h1-2,4,6-7,15,17-18H,3H2,(H,11,16,20)/t4-,6-,7-,9+/m1/s1. The van der Waals surface area contributed by atoms with Gasteiger partial charge in [-0.15, -0.1) is 0 Å². The predicted octanol–water partition coefficient (Wildman–Crippen LogP) is -1.06. The predicted molar refractivity (Wildman–Crippen MR) is 67.0 cm³/mol. The first-order chi connectivity index (χ1) is 9.46. The second-order valence-electron chi connectivity index (χ2n) is 4.10. The second-order valence-corrected chi connectivity index (χ2v) is 4.49. The number of nitrogens with one attached hydrogen (secondary N) is 1. The van der Waals surface area contributed by atoms with Crippen molar-refractivity contribution in [2.45, 2.75) is 24.2 Å². The molecular formula is C9H11N5O5S. The third-order valence-corrected chi connectivity index (χ3v) is 3.25. The molecule has 1 aromatic heterocycles. The summed E-state index contributed by atoms with van der Waals surface area (Å²) in [6, 6.07) is 1.08. The maximum Gasteiger partial charge on any atom is 0.256 e. The number of aliphatic hydroxyl groups is 3. The maximum atomic E-state index is 11.2. The number of aliphatic hydroxyl groups excluding tert-OH is 3. The van der Waals surface area contributed by atoms with Gasteiger partial charge < -0.3 is 20.1 Å². The van der Waals surface area contributed by atoms with Crippen LogP contribution >= 0.6 is 12.2 Å². The van der Waals surface area contributed by atoms with Crippen molar-refractivity contribution in [2.75, 3.05) is 6.61 Å². The molecule has 1 aliphatic rings. The fraction of sp³-hybridized carbons (Fsp3) is 0.556. The normalized spacial score (nSPS) is 32.9. The van der Waals surface area contributed by atoms with Crippen LogP contribution in [0.2, 0.25) is 0 Å². The van der Waals surface area contributed by atoms with Gasteiger partial charge in [-0.25, -0.2) is 0 Å². The topological polar surface area (TPSA) is 156 Å². The van der Waals surface area contributed by atoms with Crippen LogP contribution < -0.4 is 5.56 Å². The lowest BCUT2D eigenvalue weighted by atomic mass is 10.1. The van der Waals surface area contributed by atoms with Gasteiger partial charge in [-0.05, 0) is 22.9 Å². The highest BCUT2D eigenvalue weighted by Crippen LogP contribution is 2.37. The number of nitrogens with zero attached hydrogens (tertiary/aromatic N) is 4. The number of hydrogen-bond donors (Lipinski definition) is 4. The van der Waals surface area contributed by atoms with Gasteiger partial charge in [-0.3, -0.25) is 14.3 Å². The van der Waals surface area contributed by atoms with Crippen molar-refractivity contribution < 1.29 is 20.1 Å². The summed E-state index contributed by atoms with van der Waals surface area (Å²) in [5, 5.41) is 32.3. The van der Waals surface area contributed by atoms with Gasteiger partial charge in [0, 0.05) is 17.2 Å². The Balaban J connectivity index is 2.65. The van der Waals surface area contributed by atoms with Crippen molar-refractivity contribution >= 4 is 12.2 Å². The highest BCUT2D eigenvalue weighted by molar-refractivity contribution is 7.71. The SMILES string of the molecule is [N-]=[N+]=N[C@@]1(n2ccc(=O)[nH]c2=S)O[C@H](CO)[C@@H](O)[C@H]1O. The van der Waals surface area contributed by atoms with Gasteiger partial charge >= 0.3 is 0 Å². The summed E-state index contributed by atoms with van der Waals surface area (Å²) in [5.41, 5.74) is 8.17. The van der Waals surface area contributed by atoms with Crippen LogP contribution in [-0.4, -0.2) is 49.8 Å². The van der Waals surface area contributed by atoms with Crippen LogP contribution in [0.1, 0.15) is 0 Å². The Bertz CT molecular complexity index is 667. The molecule has 0 amide bonds. The molecule has 0 aromatic carbocycles. The van der Waals surface area contributed by atoms with E-state index in [2.05, 4.69) is 15.0 Å². The van der Waals surface area contributed by atoms with E-state index in [9.17, 15) is 15.0 Å². The van der Waals surface area contributed by atoms with Gasteiger partial charge in [0.15, 0.2) is 4.77 Å². The Morgan fingerprint density at radius 3 is 2.85 bits per heavy atom. The minimum absolute atomic E-state index is 0.172. The molecule has 20 heavy (non-hydrogen) atoms. The van der Waals surface area contributed by atoms with Crippen molar-refractivity contribution in [1.82, 2.24) is 9.55 Å². The molecule has 10 nitrogen and oxygen atoms in total. The molecule has 4 atom stereocenters.